The molecule has 4 heteroatoms. The summed E-state index contributed by atoms with van der Waals surface area (Å²) in [6.45, 7) is 11.3. The summed E-state index contributed by atoms with van der Waals surface area (Å²) in [5.74, 6) is -0.0381. The first-order valence-corrected chi connectivity index (χ1v) is 7.56. The molecule has 1 atom stereocenters. The highest BCUT2D eigenvalue weighted by Gasteiger charge is 2.41. The number of halogens is 1. The summed E-state index contributed by atoms with van der Waals surface area (Å²) in [5, 5.41) is 0. The smallest absolute Gasteiger partial charge is 0.228 e. The van der Waals surface area contributed by atoms with E-state index in [4.69, 9.17) is 5.73 Å². The van der Waals surface area contributed by atoms with Gasteiger partial charge in [0.25, 0.3) is 0 Å². The zero-order valence-electron chi connectivity index (χ0n) is 13.6. The van der Waals surface area contributed by atoms with Crippen LogP contribution in [0.4, 0.5) is 0 Å². The average molecular weight is 313 g/mol. The van der Waals surface area contributed by atoms with Crippen molar-refractivity contribution in [1.82, 2.24) is 4.90 Å². The van der Waals surface area contributed by atoms with E-state index in [-0.39, 0.29) is 24.2 Å². The van der Waals surface area contributed by atoms with Crippen LogP contribution in [-0.4, -0.2) is 30.4 Å². The molecule has 1 rings (SSSR count). The van der Waals surface area contributed by atoms with Gasteiger partial charge in [0.1, 0.15) is 0 Å². The van der Waals surface area contributed by atoms with Crippen LogP contribution in [0.1, 0.15) is 39.7 Å². The maximum atomic E-state index is 12.3. The largest absolute Gasteiger partial charge is 0.369 e. The molecule has 0 saturated carbocycles. The van der Waals surface area contributed by atoms with Gasteiger partial charge in [-0.3, -0.25) is 4.79 Å². The van der Waals surface area contributed by atoms with Crippen LogP contribution >= 0.6 is 12.4 Å². The number of carbonyl (C=O) groups excluding carboxylic acids is 1. The van der Waals surface area contributed by atoms with E-state index < -0.39 is 5.41 Å². The fourth-order valence-electron chi connectivity index (χ4n) is 2.93. The second-order valence-electron chi connectivity index (χ2n) is 5.63. The summed E-state index contributed by atoms with van der Waals surface area (Å²) >= 11 is 0. The highest BCUT2D eigenvalue weighted by molar-refractivity contribution is 5.87. The van der Waals surface area contributed by atoms with Gasteiger partial charge in [-0.05, 0) is 37.5 Å². The number of nitrogens with zero attached hydrogens (tertiary/aromatic N) is 1. The lowest BCUT2D eigenvalue weighted by Crippen LogP contribution is -2.47. The van der Waals surface area contributed by atoms with Crippen molar-refractivity contribution < 1.29 is 4.79 Å². The minimum atomic E-state index is -0.580. The van der Waals surface area contributed by atoms with Crippen LogP contribution in [-0.2, 0) is 10.2 Å². The monoisotopic (exact) mass is 312 g/mol. The summed E-state index contributed by atoms with van der Waals surface area (Å²) < 4.78 is 0. The van der Waals surface area contributed by atoms with Crippen LogP contribution in [0.3, 0.4) is 0 Å². The summed E-state index contributed by atoms with van der Waals surface area (Å²) in [5.41, 5.74) is 6.27. The fraction of sp³-hybridized carbons (Fsp3) is 0.588. The summed E-state index contributed by atoms with van der Waals surface area (Å²) in [7, 11) is 0. The standard InChI is InChI=1S/C17H28N2O.ClH/c1-5-19(6-2)13-12-17(14(3)4,16(18)20)15-10-8-7-9-11-15;/h7-11,14H,5-6,12-13H2,1-4H3,(H2,18,20);1H. The van der Waals surface area contributed by atoms with E-state index in [9.17, 15) is 4.79 Å². The Morgan fingerprint density at radius 3 is 2.10 bits per heavy atom. The molecule has 0 spiro atoms. The molecule has 0 saturated heterocycles. The molecule has 1 unspecified atom stereocenters. The molecule has 0 heterocycles. The second kappa shape index (κ2) is 9.06. The summed E-state index contributed by atoms with van der Waals surface area (Å²) in [6, 6.07) is 9.97. The molecule has 3 nitrogen and oxygen atoms in total. The number of carbonyl (C=O) groups is 1. The molecular weight excluding hydrogens is 284 g/mol. The van der Waals surface area contributed by atoms with Crippen LogP contribution < -0.4 is 5.73 Å². The molecule has 0 bridgehead atoms. The van der Waals surface area contributed by atoms with E-state index in [1.165, 1.54) is 0 Å². The third kappa shape index (κ3) is 4.45. The molecule has 1 amide bonds. The summed E-state index contributed by atoms with van der Waals surface area (Å²) in [6.07, 6.45) is 0.770. The minimum absolute atomic E-state index is 0. The van der Waals surface area contributed by atoms with Crippen LogP contribution in [0.15, 0.2) is 30.3 Å². The lowest BCUT2D eigenvalue weighted by atomic mass is 9.68. The number of hydrogen-bond acceptors (Lipinski definition) is 2. The van der Waals surface area contributed by atoms with Gasteiger partial charge in [0, 0.05) is 0 Å². The minimum Gasteiger partial charge on any atom is -0.369 e. The highest BCUT2D eigenvalue weighted by Crippen LogP contribution is 2.35. The Hall–Kier alpha value is -1.06. The van der Waals surface area contributed by atoms with Gasteiger partial charge in [-0.15, -0.1) is 12.4 Å². The van der Waals surface area contributed by atoms with Crippen molar-refractivity contribution in [2.75, 3.05) is 19.6 Å². The predicted molar refractivity (Wildman–Crippen MR) is 91.8 cm³/mol. The third-order valence-corrected chi connectivity index (χ3v) is 4.43. The molecule has 0 radical (unpaired) electrons. The van der Waals surface area contributed by atoms with Gasteiger partial charge in [0.05, 0.1) is 5.41 Å². The molecular formula is C17H29ClN2O. The highest BCUT2D eigenvalue weighted by atomic mass is 35.5. The van der Waals surface area contributed by atoms with Gasteiger partial charge < -0.3 is 10.6 Å². The maximum Gasteiger partial charge on any atom is 0.228 e. The van der Waals surface area contributed by atoms with Crippen molar-refractivity contribution in [3.05, 3.63) is 35.9 Å². The number of rotatable bonds is 8. The molecule has 1 aromatic rings. The lowest BCUT2D eigenvalue weighted by Gasteiger charge is -2.37. The predicted octanol–water partition coefficient (Wildman–Crippen LogP) is 3.22. The molecule has 1 aromatic carbocycles. The topological polar surface area (TPSA) is 46.3 Å². The number of primary amides is 1. The van der Waals surface area contributed by atoms with Gasteiger partial charge in [0.2, 0.25) is 5.91 Å². The van der Waals surface area contributed by atoms with Crippen molar-refractivity contribution in [1.29, 1.82) is 0 Å². The van der Waals surface area contributed by atoms with Crippen molar-refractivity contribution in [2.45, 2.75) is 39.5 Å². The molecule has 0 aliphatic carbocycles. The Balaban J connectivity index is 0.00000400. The Labute approximate surface area is 135 Å². The SMILES string of the molecule is CCN(CC)CCC(C(N)=O)(c1ccccc1)C(C)C.Cl. The van der Waals surface area contributed by atoms with E-state index in [1.54, 1.807) is 0 Å². The zero-order valence-corrected chi connectivity index (χ0v) is 14.5. The van der Waals surface area contributed by atoms with Crippen LogP contribution in [0.5, 0.6) is 0 Å². The first-order chi connectivity index (χ1) is 9.48. The Morgan fingerprint density at radius 2 is 1.71 bits per heavy atom. The van der Waals surface area contributed by atoms with Gasteiger partial charge in [-0.1, -0.05) is 58.0 Å². The quantitative estimate of drug-likeness (QED) is 0.801. The number of nitrogens with two attached hydrogens (primary N) is 1. The number of benzene rings is 1. The molecule has 0 aliphatic heterocycles. The molecule has 21 heavy (non-hydrogen) atoms. The molecule has 0 aliphatic rings. The second-order valence-corrected chi connectivity index (χ2v) is 5.63. The maximum absolute atomic E-state index is 12.3. The lowest BCUT2D eigenvalue weighted by molar-refractivity contribution is -0.125. The van der Waals surface area contributed by atoms with E-state index in [0.717, 1.165) is 31.6 Å². The van der Waals surface area contributed by atoms with E-state index >= 15 is 0 Å². The van der Waals surface area contributed by atoms with Crippen LogP contribution in [0.25, 0.3) is 0 Å². The fourth-order valence-corrected chi connectivity index (χ4v) is 2.93. The van der Waals surface area contributed by atoms with Gasteiger partial charge in [-0.2, -0.15) is 0 Å². The van der Waals surface area contributed by atoms with E-state index in [0.29, 0.717) is 0 Å². The van der Waals surface area contributed by atoms with Gasteiger partial charge >= 0.3 is 0 Å². The normalized spacial score (nSPS) is 13.8. The van der Waals surface area contributed by atoms with E-state index in [1.807, 2.05) is 30.3 Å². The Morgan fingerprint density at radius 1 is 1.19 bits per heavy atom. The first kappa shape index (κ1) is 19.9. The Bertz CT molecular complexity index is 418. The first-order valence-electron chi connectivity index (χ1n) is 7.56. The Kier molecular flexibility index (Phi) is 8.60. The van der Waals surface area contributed by atoms with Crippen molar-refractivity contribution in [3.63, 3.8) is 0 Å². The average Bonchev–Trinajstić information content (AvgIpc) is 2.44. The third-order valence-electron chi connectivity index (χ3n) is 4.43. The van der Waals surface area contributed by atoms with E-state index in [2.05, 4.69) is 32.6 Å². The molecule has 0 fully saturated rings. The number of amides is 1. The van der Waals surface area contributed by atoms with Gasteiger partial charge in [0.15, 0.2) is 0 Å². The number of hydrogen-bond donors (Lipinski definition) is 1. The molecule has 2 N–H and O–H groups in total. The molecule has 0 aromatic heterocycles. The summed E-state index contributed by atoms with van der Waals surface area (Å²) in [4.78, 5) is 14.6. The van der Waals surface area contributed by atoms with Crippen molar-refractivity contribution >= 4 is 18.3 Å². The van der Waals surface area contributed by atoms with Crippen molar-refractivity contribution in [2.24, 2.45) is 11.7 Å². The van der Waals surface area contributed by atoms with Crippen LogP contribution in [0, 0.1) is 5.92 Å². The zero-order chi connectivity index (χ0) is 15.2. The van der Waals surface area contributed by atoms with Crippen molar-refractivity contribution in [3.8, 4) is 0 Å². The van der Waals surface area contributed by atoms with Crippen LogP contribution in [0.2, 0.25) is 0 Å². The molecule has 120 valence electrons. The van der Waals surface area contributed by atoms with Gasteiger partial charge in [-0.25, -0.2) is 0 Å².